The van der Waals surface area contributed by atoms with Crippen molar-refractivity contribution in [3.63, 3.8) is 0 Å². The lowest BCUT2D eigenvalue weighted by atomic mass is 10.1. The van der Waals surface area contributed by atoms with Gasteiger partial charge in [-0.3, -0.25) is 19.3 Å². The summed E-state index contributed by atoms with van der Waals surface area (Å²) in [5.74, 6) is 0.316. The number of rotatable bonds is 8. The predicted octanol–water partition coefficient (Wildman–Crippen LogP) is 2.84. The maximum atomic E-state index is 13.1. The van der Waals surface area contributed by atoms with Gasteiger partial charge in [0.1, 0.15) is 10.8 Å². The predicted molar refractivity (Wildman–Crippen MR) is 137 cm³/mol. The Morgan fingerprint density at radius 2 is 1.86 bits per heavy atom. The average molecular weight is 499 g/mol. The molecule has 0 radical (unpaired) electrons. The van der Waals surface area contributed by atoms with Gasteiger partial charge in [0.05, 0.1) is 18.7 Å². The van der Waals surface area contributed by atoms with Crippen LogP contribution >= 0.6 is 11.3 Å². The molecule has 3 N–H and O–H groups in total. The molecule has 1 aromatic carbocycles. The van der Waals surface area contributed by atoms with Crippen LogP contribution in [0.25, 0.3) is 0 Å². The normalized spacial score (nSPS) is 16.9. The fourth-order valence-electron chi connectivity index (χ4n) is 4.91. The fraction of sp³-hybridized carbons (Fsp3) is 0.500. The first-order chi connectivity index (χ1) is 16.9. The Bertz CT molecular complexity index is 1080. The Hall–Kier alpha value is -2.91. The van der Waals surface area contributed by atoms with E-state index in [1.165, 1.54) is 11.3 Å². The molecule has 1 aromatic heterocycles. The first-order valence-electron chi connectivity index (χ1n) is 12.3. The number of methoxy groups -OCH3 is 1. The van der Waals surface area contributed by atoms with Gasteiger partial charge in [0.15, 0.2) is 0 Å². The number of carbonyl (C=O) groups is 3. The van der Waals surface area contributed by atoms with Crippen LogP contribution in [-0.2, 0) is 28.9 Å². The number of hydrogen-bond donors (Lipinski definition) is 2. The van der Waals surface area contributed by atoms with Gasteiger partial charge in [-0.1, -0.05) is 12.1 Å². The monoisotopic (exact) mass is 498 g/mol. The lowest BCUT2D eigenvalue weighted by molar-refractivity contribution is -0.131. The molecule has 1 atom stereocenters. The van der Waals surface area contributed by atoms with Gasteiger partial charge in [0.25, 0.3) is 5.91 Å². The van der Waals surface area contributed by atoms with Gasteiger partial charge < -0.3 is 20.7 Å². The lowest BCUT2D eigenvalue weighted by Crippen LogP contribution is -2.44. The molecule has 1 fully saturated rings. The SMILES string of the molecule is COc1ccc(CCC(=O)N2CCCN(C(C)C(=O)Nc3sc4c(c3C(N)=O)CCC4)CC2)cc1. The summed E-state index contributed by atoms with van der Waals surface area (Å²) in [6.07, 6.45) is 4.75. The third-order valence-electron chi connectivity index (χ3n) is 7.00. The van der Waals surface area contributed by atoms with Crippen molar-refractivity contribution < 1.29 is 19.1 Å². The molecule has 0 spiro atoms. The second-order valence-corrected chi connectivity index (χ2v) is 10.3. The van der Waals surface area contributed by atoms with Crippen LogP contribution in [-0.4, -0.2) is 66.9 Å². The quantitative estimate of drug-likeness (QED) is 0.582. The first kappa shape index (κ1) is 25.2. The van der Waals surface area contributed by atoms with E-state index in [2.05, 4.69) is 10.2 Å². The Balaban J connectivity index is 1.30. The number of carbonyl (C=O) groups excluding carboxylic acids is 3. The van der Waals surface area contributed by atoms with Gasteiger partial charge in [-0.15, -0.1) is 11.3 Å². The molecule has 0 saturated carbocycles. The minimum atomic E-state index is -0.481. The van der Waals surface area contributed by atoms with Crippen LogP contribution in [0.2, 0.25) is 0 Å². The molecular weight excluding hydrogens is 464 g/mol. The summed E-state index contributed by atoms with van der Waals surface area (Å²) in [5.41, 5.74) is 8.22. The van der Waals surface area contributed by atoms with Gasteiger partial charge in [-0.05, 0) is 62.3 Å². The molecule has 0 bridgehead atoms. The van der Waals surface area contributed by atoms with E-state index >= 15 is 0 Å². The highest BCUT2D eigenvalue weighted by Crippen LogP contribution is 2.39. The fourth-order valence-corrected chi connectivity index (χ4v) is 6.21. The van der Waals surface area contributed by atoms with Gasteiger partial charge in [-0.2, -0.15) is 0 Å². The minimum Gasteiger partial charge on any atom is -0.497 e. The number of nitrogens with two attached hydrogens (primary N) is 1. The highest BCUT2D eigenvalue weighted by atomic mass is 32.1. The highest BCUT2D eigenvalue weighted by Gasteiger charge is 2.29. The summed E-state index contributed by atoms with van der Waals surface area (Å²) in [4.78, 5) is 43.1. The van der Waals surface area contributed by atoms with E-state index in [1.54, 1.807) is 7.11 Å². The molecule has 2 heterocycles. The van der Waals surface area contributed by atoms with Crippen LogP contribution in [0.1, 0.15) is 52.5 Å². The number of nitrogens with one attached hydrogen (secondary N) is 1. The second-order valence-electron chi connectivity index (χ2n) is 9.21. The number of benzene rings is 1. The molecule has 1 aliphatic heterocycles. The molecular formula is C26H34N4O4S. The number of anilines is 1. The molecule has 1 unspecified atom stereocenters. The molecule has 3 amide bonds. The number of amides is 3. The van der Waals surface area contributed by atoms with E-state index in [-0.39, 0.29) is 17.9 Å². The van der Waals surface area contributed by atoms with Gasteiger partial charge >= 0.3 is 0 Å². The molecule has 35 heavy (non-hydrogen) atoms. The van der Waals surface area contributed by atoms with E-state index < -0.39 is 5.91 Å². The van der Waals surface area contributed by atoms with Crippen molar-refractivity contribution in [1.82, 2.24) is 9.80 Å². The topological polar surface area (TPSA) is 105 Å². The summed E-state index contributed by atoms with van der Waals surface area (Å²) in [6, 6.07) is 7.42. The van der Waals surface area contributed by atoms with Crippen molar-refractivity contribution in [2.45, 2.75) is 51.5 Å². The van der Waals surface area contributed by atoms with Crippen LogP contribution in [0, 0.1) is 0 Å². The van der Waals surface area contributed by atoms with E-state index in [1.807, 2.05) is 36.1 Å². The maximum absolute atomic E-state index is 13.1. The van der Waals surface area contributed by atoms with Crippen LogP contribution in [0.4, 0.5) is 5.00 Å². The van der Waals surface area contributed by atoms with Crippen LogP contribution in [0.15, 0.2) is 24.3 Å². The van der Waals surface area contributed by atoms with E-state index in [0.29, 0.717) is 43.0 Å². The Kier molecular flexibility index (Phi) is 8.07. The van der Waals surface area contributed by atoms with Crippen molar-refractivity contribution in [2.75, 3.05) is 38.6 Å². The summed E-state index contributed by atoms with van der Waals surface area (Å²) < 4.78 is 5.19. The van der Waals surface area contributed by atoms with Gasteiger partial charge in [0.2, 0.25) is 11.8 Å². The number of nitrogens with zero attached hydrogens (tertiary/aromatic N) is 2. The Morgan fingerprint density at radius 1 is 1.09 bits per heavy atom. The van der Waals surface area contributed by atoms with E-state index in [4.69, 9.17) is 10.5 Å². The van der Waals surface area contributed by atoms with Crippen LogP contribution < -0.4 is 15.8 Å². The summed E-state index contributed by atoms with van der Waals surface area (Å²) in [7, 11) is 1.64. The molecule has 1 aliphatic carbocycles. The first-order valence-corrected chi connectivity index (χ1v) is 13.1. The minimum absolute atomic E-state index is 0.138. The lowest BCUT2D eigenvalue weighted by Gasteiger charge is -2.27. The van der Waals surface area contributed by atoms with Crippen molar-refractivity contribution >= 4 is 34.1 Å². The molecule has 4 rings (SSSR count). The number of primary amides is 1. The Morgan fingerprint density at radius 3 is 2.57 bits per heavy atom. The zero-order chi connectivity index (χ0) is 24.9. The average Bonchev–Trinajstić information content (AvgIpc) is 3.33. The van der Waals surface area contributed by atoms with E-state index in [9.17, 15) is 14.4 Å². The highest BCUT2D eigenvalue weighted by molar-refractivity contribution is 7.17. The summed E-state index contributed by atoms with van der Waals surface area (Å²) in [6.45, 7) is 4.53. The number of aryl methyl sites for hydroxylation is 2. The zero-order valence-electron chi connectivity index (χ0n) is 20.5. The van der Waals surface area contributed by atoms with Gasteiger partial charge in [0, 0.05) is 37.5 Å². The van der Waals surface area contributed by atoms with Crippen LogP contribution in [0.5, 0.6) is 5.75 Å². The second kappa shape index (κ2) is 11.2. The van der Waals surface area contributed by atoms with E-state index in [0.717, 1.165) is 54.0 Å². The molecule has 8 nitrogen and oxygen atoms in total. The molecule has 9 heteroatoms. The number of ether oxygens (including phenoxy) is 1. The summed E-state index contributed by atoms with van der Waals surface area (Å²) in [5, 5.41) is 3.54. The maximum Gasteiger partial charge on any atom is 0.251 e. The molecule has 2 aliphatic rings. The number of fused-ring (bicyclic) bond motifs is 1. The number of hydrogen-bond acceptors (Lipinski definition) is 6. The van der Waals surface area contributed by atoms with Crippen molar-refractivity contribution in [3.05, 3.63) is 45.8 Å². The molecule has 1 saturated heterocycles. The third-order valence-corrected chi connectivity index (χ3v) is 8.21. The smallest absolute Gasteiger partial charge is 0.251 e. The van der Waals surface area contributed by atoms with Crippen molar-refractivity contribution in [1.29, 1.82) is 0 Å². The van der Waals surface area contributed by atoms with Crippen molar-refractivity contribution in [3.8, 4) is 5.75 Å². The number of thiophene rings is 1. The standard InChI is InChI=1S/C26H34N4O4S/c1-17(25(33)28-26-23(24(27)32)20-5-3-6-21(20)35-26)29-13-4-14-30(16-15-29)22(31)12-9-18-7-10-19(34-2)11-8-18/h7-8,10-11,17H,3-6,9,12-16H2,1-2H3,(H2,27,32)(H,28,33). The van der Waals surface area contributed by atoms with Crippen LogP contribution in [0.3, 0.4) is 0 Å². The third kappa shape index (κ3) is 5.85. The largest absolute Gasteiger partial charge is 0.497 e. The van der Waals surface area contributed by atoms with Gasteiger partial charge in [-0.25, -0.2) is 0 Å². The zero-order valence-corrected chi connectivity index (χ0v) is 21.3. The summed E-state index contributed by atoms with van der Waals surface area (Å²) >= 11 is 1.47. The Labute approximate surface area is 210 Å². The molecule has 2 aromatic rings. The van der Waals surface area contributed by atoms with Crippen molar-refractivity contribution in [2.24, 2.45) is 5.73 Å². The molecule has 188 valence electrons.